The van der Waals surface area contributed by atoms with Gasteiger partial charge < -0.3 is 29.2 Å². The van der Waals surface area contributed by atoms with Crippen molar-refractivity contribution in [1.82, 2.24) is 0 Å². The van der Waals surface area contributed by atoms with Gasteiger partial charge in [0.15, 0.2) is 0 Å². The minimum Gasteiger partial charge on any atom is -0.497 e. The van der Waals surface area contributed by atoms with Gasteiger partial charge in [0.05, 0.1) is 31.9 Å². The Kier molecular flexibility index (Phi) is 14.7. The maximum absolute atomic E-state index is 14.1. The molecule has 258 valence electrons. The van der Waals surface area contributed by atoms with Crippen LogP contribution in [0.25, 0.3) is 0 Å². The van der Waals surface area contributed by atoms with Gasteiger partial charge >= 0.3 is 12.3 Å². The molecular weight excluding hydrogens is 637 g/mol. The van der Waals surface area contributed by atoms with E-state index in [4.69, 9.17) is 25.8 Å². The van der Waals surface area contributed by atoms with E-state index in [1.54, 1.807) is 56.3 Å². The first kappa shape index (κ1) is 39.1. The van der Waals surface area contributed by atoms with Crippen molar-refractivity contribution >= 4 is 34.9 Å². The summed E-state index contributed by atoms with van der Waals surface area (Å²) in [6.45, 7) is 12.0. The lowest BCUT2D eigenvalue weighted by Crippen LogP contribution is -2.37. The number of anilines is 2. The molecule has 1 unspecified atom stereocenters. The summed E-state index contributed by atoms with van der Waals surface area (Å²) in [4.78, 5) is 27.5. The van der Waals surface area contributed by atoms with Gasteiger partial charge in [-0.05, 0) is 56.0 Å². The molecule has 4 rings (SSSR count). The van der Waals surface area contributed by atoms with Crippen LogP contribution in [0.15, 0.2) is 60.7 Å². The number of halogens is 4. The third-order valence-corrected chi connectivity index (χ3v) is 7.31. The zero-order valence-corrected chi connectivity index (χ0v) is 28.8. The lowest BCUT2D eigenvalue weighted by Gasteiger charge is -2.27. The van der Waals surface area contributed by atoms with E-state index in [1.807, 2.05) is 27.7 Å². The summed E-state index contributed by atoms with van der Waals surface area (Å²) < 4.78 is 59.0. The molecule has 1 amide bonds. The molecule has 3 aromatic carbocycles. The zero-order chi connectivity index (χ0) is 35.4. The van der Waals surface area contributed by atoms with Crippen molar-refractivity contribution in [3.63, 3.8) is 0 Å². The first-order valence-electron chi connectivity index (χ1n) is 15.4. The quantitative estimate of drug-likeness (QED) is 0.202. The van der Waals surface area contributed by atoms with Gasteiger partial charge in [0.25, 0.3) is 5.91 Å². The molecule has 3 aromatic rings. The van der Waals surface area contributed by atoms with Gasteiger partial charge in [-0.2, -0.15) is 0 Å². The van der Waals surface area contributed by atoms with Crippen LogP contribution < -0.4 is 24.4 Å². The number of nitrogens with one attached hydrogen (secondary N) is 1. The van der Waals surface area contributed by atoms with E-state index in [0.29, 0.717) is 46.3 Å². The zero-order valence-electron chi connectivity index (χ0n) is 28.1. The van der Waals surface area contributed by atoms with E-state index in [-0.39, 0.29) is 19.1 Å². The summed E-state index contributed by atoms with van der Waals surface area (Å²) in [7, 11) is 2.83. The third-order valence-electron chi connectivity index (χ3n) is 7.06. The van der Waals surface area contributed by atoms with E-state index in [2.05, 4.69) is 10.1 Å². The van der Waals surface area contributed by atoms with E-state index < -0.39 is 29.5 Å². The number of esters is 1. The van der Waals surface area contributed by atoms with Crippen LogP contribution in [0.2, 0.25) is 5.02 Å². The van der Waals surface area contributed by atoms with Crippen molar-refractivity contribution in [2.45, 2.75) is 66.8 Å². The number of carbonyl (C=O) groups excluding carboxylic acids is 2. The van der Waals surface area contributed by atoms with Gasteiger partial charge in [0.1, 0.15) is 23.3 Å². The number of alkyl halides is 3. The fourth-order valence-corrected chi connectivity index (χ4v) is 4.84. The molecule has 12 heteroatoms. The van der Waals surface area contributed by atoms with Gasteiger partial charge in [-0.1, -0.05) is 57.5 Å². The number of benzene rings is 3. The Morgan fingerprint density at radius 2 is 1.55 bits per heavy atom. The highest BCUT2D eigenvalue weighted by Gasteiger charge is 2.35. The van der Waals surface area contributed by atoms with Crippen molar-refractivity contribution in [2.24, 2.45) is 5.41 Å². The Balaban J connectivity index is 0.00000185. The van der Waals surface area contributed by atoms with Crippen LogP contribution in [0.3, 0.4) is 0 Å². The first-order chi connectivity index (χ1) is 22.3. The van der Waals surface area contributed by atoms with E-state index in [9.17, 15) is 22.8 Å². The molecule has 0 saturated heterocycles. The molecule has 0 bridgehead atoms. The van der Waals surface area contributed by atoms with Crippen LogP contribution in [0.1, 0.15) is 65.1 Å². The first-order valence-corrected chi connectivity index (χ1v) is 15.8. The summed E-state index contributed by atoms with van der Waals surface area (Å²) >= 11 is 6.11. The highest BCUT2D eigenvalue weighted by Crippen LogP contribution is 2.37. The van der Waals surface area contributed by atoms with Crippen molar-refractivity contribution < 1.29 is 41.7 Å². The molecule has 1 heterocycles. The SMILES string of the molecule is CC.CC.COC(=O)C(C)(C)CCOc1cc(NC(C(=O)N2CCc3ccc(OC(F)(F)F)cc32)c2ccc(Cl)cc2)cc(OC)c1. The molecule has 1 aliphatic rings. The van der Waals surface area contributed by atoms with Gasteiger partial charge in [-0.15, -0.1) is 13.2 Å². The largest absolute Gasteiger partial charge is 0.573 e. The number of fused-ring (bicyclic) bond motifs is 1. The Labute approximate surface area is 280 Å². The number of hydrogen-bond donors (Lipinski definition) is 1. The van der Waals surface area contributed by atoms with Crippen molar-refractivity contribution in [1.29, 1.82) is 0 Å². The van der Waals surface area contributed by atoms with Gasteiger partial charge in [0, 0.05) is 41.5 Å². The minimum atomic E-state index is -4.86. The van der Waals surface area contributed by atoms with Crippen molar-refractivity contribution in [2.75, 3.05) is 37.6 Å². The minimum absolute atomic E-state index is 0.209. The fourth-order valence-electron chi connectivity index (χ4n) is 4.71. The number of ether oxygens (including phenoxy) is 4. The second-order valence-electron chi connectivity index (χ2n) is 10.6. The predicted molar refractivity (Wildman–Crippen MR) is 179 cm³/mol. The lowest BCUT2D eigenvalue weighted by molar-refractivity contribution is -0.274. The molecular formula is C35H44ClF3N2O6. The summed E-state index contributed by atoms with van der Waals surface area (Å²) in [6.07, 6.45) is -4.00. The van der Waals surface area contributed by atoms with Crippen LogP contribution in [0.5, 0.6) is 17.2 Å². The number of methoxy groups -OCH3 is 2. The highest BCUT2D eigenvalue weighted by atomic mass is 35.5. The Morgan fingerprint density at radius 3 is 2.15 bits per heavy atom. The summed E-state index contributed by atoms with van der Waals surface area (Å²) in [5.74, 6) is -0.267. The maximum Gasteiger partial charge on any atom is 0.573 e. The van der Waals surface area contributed by atoms with Crippen LogP contribution in [0.4, 0.5) is 24.5 Å². The normalized spacial score (nSPS) is 12.7. The van der Waals surface area contributed by atoms with E-state index in [0.717, 1.165) is 5.56 Å². The molecule has 1 N–H and O–H groups in total. The molecule has 0 aliphatic carbocycles. The topological polar surface area (TPSA) is 86.3 Å². The molecule has 8 nitrogen and oxygen atoms in total. The summed E-state index contributed by atoms with van der Waals surface area (Å²) in [5, 5.41) is 3.72. The average molecular weight is 681 g/mol. The van der Waals surface area contributed by atoms with Gasteiger partial charge in [-0.3, -0.25) is 9.59 Å². The second-order valence-corrected chi connectivity index (χ2v) is 11.0. The smallest absolute Gasteiger partial charge is 0.497 e. The predicted octanol–water partition coefficient (Wildman–Crippen LogP) is 9.01. The Hall–Kier alpha value is -4.12. The van der Waals surface area contributed by atoms with Crippen molar-refractivity contribution in [3.8, 4) is 17.2 Å². The monoisotopic (exact) mass is 680 g/mol. The molecule has 0 radical (unpaired) electrons. The maximum atomic E-state index is 14.1. The Bertz CT molecular complexity index is 1460. The van der Waals surface area contributed by atoms with E-state index in [1.165, 1.54) is 37.3 Å². The van der Waals surface area contributed by atoms with Gasteiger partial charge in [-0.25, -0.2) is 0 Å². The molecule has 1 aliphatic heterocycles. The number of rotatable bonds is 11. The van der Waals surface area contributed by atoms with Crippen LogP contribution in [-0.4, -0.2) is 45.6 Å². The molecule has 47 heavy (non-hydrogen) atoms. The number of hydrogen-bond acceptors (Lipinski definition) is 7. The fraction of sp³-hybridized carbons (Fsp3) is 0.429. The van der Waals surface area contributed by atoms with Gasteiger partial charge in [0.2, 0.25) is 0 Å². The average Bonchev–Trinajstić information content (AvgIpc) is 3.47. The number of nitrogens with zero attached hydrogens (tertiary/aromatic N) is 1. The molecule has 0 spiro atoms. The van der Waals surface area contributed by atoms with Crippen LogP contribution in [-0.2, 0) is 20.7 Å². The third kappa shape index (κ3) is 11.0. The molecule has 0 saturated carbocycles. The number of carbonyl (C=O) groups is 2. The Morgan fingerprint density at radius 1 is 0.915 bits per heavy atom. The molecule has 0 aromatic heterocycles. The molecule has 0 fully saturated rings. The summed E-state index contributed by atoms with van der Waals surface area (Å²) in [6, 6.07) is 14.8. The van der Waals surface area contributed by atoms with Crippen LogP contribution >= 0.6 is 11.6 Å². The van der Waals surface area contributed by atoms with E-state index >= 15 is 0 Å². The summed E-state index contributed by atoms with van der Waals surface area (Å²) in [5.41, 5.74) is 1.39. The standard InChI is InChI=1S/C31H32ClF3N2O6.2C2H6/c1-30(2,29(39)41-4)12-14-42-25-16-22(15-24(17-25)40-3)36-27(20-5-8-21(32)9-6-20)28(38)37-13-11-19-7-10-23(18-26(19)37)43-31(33,34)35;2*1-2/h5-10,15-18,27,36H,11-14H2,1-4H3;2*1-2H3. The number of amides is 1. The lowest BCUT2D eigenvalue weighted by atomic mass is 9.90. The second kappa shape index (κ2) is 17.7. The highest BCUT2D eigenvalue weighted by molar-refractivity contribution is 6.30. The van der Waals surface area contributed by atoms with Crippen molar-refractivity contribution in [3.05, 3.63) is 76.8 Å². The van der Waals surface area contributed by atoms with Crippen LogP contribution in [0, 0.1) is 5.41 Å². The molecule has 1 atom stereocenters.